The number of aromatic nitrogens is 2. The topological polar surface area (TPSA) is 61.0 Å². The first-order valence-corrected chi connectivity index (χ1v) is 4.93. The first-order chi connectivity index (χ1) is 7.70. The Morgan fingerprint density at radius 3 is 2.75 bits per heavy atom. The van der Waals surface area contributed by atoms with Crippen molar-refractivity contribution in [2.45, 2.75) is 6.92 Å². The molecule has 0 spiro atoms. The lowest BCUT2D eigenvalue weighted by Crippen LogP contribution is -1.95. The number of rotatable bonds is 2. The second-order valence-electron chi connectivity index (χ2n) is 3.54. The largest absolute Gasteiger partial charge is 0.481 e. The van der Waals surface area contributed by atoms with E-state index in [0.29, 0.717) is 11.6 Å². The van der Waals surface area contributed by atoms with Gasteiger partial charge >= 0.3 is 0 Å². The Bertz CT molecular complexity index is 511. The molecule has 0 radical (unpaired) electrons. The van der Waals surface area contributed by atoms with Gasteiger partial charge in [-0.2, -0.15) is 0 Å². The van der Waals surface area contributed by atoms with Crippen LogP contribution >= 0.6 is 0 Å². The predicted molar refractivity (Wildman–Crippen MR) is 63.2 cm³/mol. The Kier molecular flexibility index (Phi) is 2.72. The average Bonchev–Trinajstić information content (AvgIpc) is 2.29. The Morgan fingerprint density at radius 2 is 2.06 bits per heavy atom. The van der Waals surface area contributed by atoms with Crippen molar-refractivity contribution in [2.75, 3.05) is 12.8 Å². The Balaban J connectivity index is 2.49. The summed E-state index contributed by atoms with van der Waals surface area (Å²) in [4.78, 5) is 8.35. The maximum absolute atomic E-state index is 5.92. The summed E-state index contributed by atoms with van der Waals surface area (Å²) in [5.41, 5.74) is 9.29. The Morgan fingerprint density at radius 1 is 1.25 bits per heavy atom. The van der Waals surface area contributed by atoms with Crippen LogP contribution in [-0.4, -0.2) is 17.1 Å². The minimum atomic E-state index is 0.555. The van der Waals surface area contributed by atoms with Crippen molar-refractivity contribution in [2.24, 2.45) is 0 Å². The molecule has 82 valence electrons. The molecule has 0 amide bonds. The van der Waals surface area contributed by atoms with Gasteiger partial charge in [-0.15, -0.1) is 0 Å². The Hall–Kier alpha value is -2.10. The predicted octanol–water partition coefficient (Wildman–Crippen LogP) is 2.04. The van der Waals surface area contributed by atoms with Gasteiger partial charge in [0, 0.05) is 24.0 Å². The van der Waals surface area contributed by atoms with E-state index in [4.69, 9.17) is 10.5 Å². The molecule has 0 fully saturated rings. The van der Waals surface area contributed by atoms with E-state index < -0.39 is 0 Å². The fourth-order valence-electron chi connectivity index (χ4n) is 1.50. The van der Waals surface area contributed by atoms with Crippen LogP contribution in [-0.2, 0) is 0 Å². The van der Waals surface area contributed by atoms with E-state index in [1.165, 1.54) is 0 Å². The van der Waals surface area contributed by atoms with E-state index in [-0.39, 0.29) is 0 Å². The summed E-state index contributed by atoms with van der Waals surface area (Å²) in [5.74, 6) is 0.555. The summed E-state index contributed by atoms with van der Waals surface area (Å²) in [6, 6.07) is 5.57. The second kappa shape index (κ2) is 4.18. The summed E-state index contributed by atoms with van der Waals surface area (Å²) in [7, 11) is 1.58. The monoisotopic (exact) mass is 215 g/mol. The normalized spacial score (nSPS) is 10.1. The number of hydrogen-bond donors (Lipinski definition) is 1. The third-order valence-corrected chi connectivity index (χ3v) is 2.27. The van der Waals surface area contributed by atoms with Crippen molar-refractivity contribution >= 4 is 5.69 Å². The lowest BCUT2D eigenvalue weighted by Gasteiger charge is -2.06. The minimum Gasteiger partial charge on any atom is -0.481 e. The third kappa shape index (κ3) is 1.95. The van der Waals surface area contributed by atoms with Crippen LogP contribution in [0.4, 0.5) is 5.69 Å². The van der Waals surface area contributed by atoms with Crippen molar-refractivity contribution in [3.63, 3.8) is 0 Å². The molecular weight excluding hydrogens is 202 g/mol. The molecule has 2 N–H and O–H groups in total. The van der Waals surface area contributed by atoms with Gasteiger partial charge in [-0.25, -0.2) is 4.98 Å². The molecule has 0 aliphatic heterocycles. The summed E-state index contributed by atoms with van der Waals surface area (Å²) >= 11 is 0. The second-order valence-corrected chi connectivity index (χ2v) is 3.54. The van der Waals surface area contributed by atoms with E-state index in [1.807, 2.05) is 25.1 Å². The maximum atomic E-state index is 5.92. The molecule has 0 aliphatic rings. The van der Waals surface area contributed by atoms with Crippen molar-refractivity contribution < 1.29 is 4.74 Å². The highest BCUT2D eigenvalue weighted by atomic mass is 16.5. The molecule has 0 unspecified atom stereocenters. The van der Waals surface area contributed by atoms with Gasteiger partial charge in [0.15, 0.2) is 0 Å². The summed E-state index contributed by atoms with van der Waals surface area (Å²) < 4.78 is 5.06. The molecule has 0 atom stereocenters. The van der Waals surface area contributed by atoms with Gasteiger partial charge in [-0.1, -0.05) is 0 Å². The van der Waals surface area contributed by atoms with Crippen LogP contribution in [0, 0.1) is 6.92 Å². The highest BCUT2D eigenvalue weighted by Gasteiger charge is 2.05. The fraction of sp³-hybridized carbons (Fsp3) is 0.167. The van der Waals surface area contributed by atoms with E-state index in [1.54, 1.807) is 19.5 Å². The SMILES string of the molecule is COc1cc(-c2ncc(C)cc2N)ccn1. The zero-order valence-electron chi connectivity index (χ0n) is 9.27. The van der Waals surface area contributed by atoms with Gasteiger partial charge in [0.25, 0.3) is 0 Å². The standard InChI is InChI=1S/C12H13N3O/c1-8-5-10(13)12(15-7-8)9-3-4-14-11(6-9)16-2/h3-7H,13H2,1-2H3. The van der Waals surface area contributed by atoms with Crippen molar-refractivity contribution in [3.05, 3.63) is 36.2 Å². The number of pyridine rings is 2. The molecule has 4 heteroatoms. The first kappa shape index (κ1) is 10.4. The highest BCUT2D eigenvalue weighted by Crippen LogP contribution is 2.25. The molecule has 2 aromatic rings. The van der Waals surface area contributed by atoms with Gasteiger partial charge in [0.1, 0.15) is 0 Å². The van der Waals surface area contributed by atoms with Gasteiger partial charge in [0.2, 0.25) is 5.88 Å². The lowest BCUT2D eigenvalue weighted by atomic mass is 10.1. The van der Waals surface area contributed by atoms with Crippen molar-refractivity contribution in [1.82, 2.24) is 9.97 Å². The number of nitrogens with zero attached hydrogens (tertiary/aromatic N) is 2. The van der Waals surface area contributed by atoms with E-state index >= 15 is 0 Å². The summed E-state index contributed by atoms with van der Waals surface area (Å²) in [6.07, 6.45) is 3.47. The number of nitrogens with two attached hydrogens (primary N) is 1. The van der Waals surface area contributed by atoms with Gasteiger partial charge in [-0.05, 0) is 24.6 Å². The van der Waals surface area contributed by atoms with E-state index in [2.05, 4.69) is 9.97 Å². The van der Waals surface area contributed by atoms with Crippen LogP contribution in [0.15, 0.2) is 30.6 Å². The molecule has 0 saturated heterocycles. The van der Waals surface area contributed by atoms with E-state index in [9.17, 15) is 0 Å². The minimum absolute atomic E-state index is 0.555. The molecule has 2 aromatic heterocycles. The van der Waals surface area contributed by atoms with Gasteiger partial charge in [0.05, 0.1) is 18.5 Å². The average molecular weight is 215 g/mol. The van der Waals surface area contributed by atoms with Crippen LogP contribution in [0.5, 0.6) is 5.88 Å². The molecular formula is C12H13N3O. The molecule has 2 heterocycles. The molecule has 0 saturated carbocycles. The van der Waals surface area contributed by atoms with Crippen LogP contribution in [0.25, 0.3) is 11.3 Å². The number of ether oxygens (including phenoxy) is 1. The maximum Gasteiger partial charge on any atom is 0.213 e. The third-order valence-electron chi connectivity index (χ3n) is 2.27. The molecule has 0 aromatic carbocycles. The molecule has 0 aliphatic carbocycles. The zero-order chi connectivity index (χ0) is 11.5. The summed E-state index contributed by atoms with van der Waals surface area (Å²) in [6.45, 7) is 1.96. The number of nitrogen functional groups attached to an aromatic ring is 1. The molecule has 4 nitrogen and oxygen atoms in total. The van der Waals surface area contributed by atoms with Gasteiger partial charge < -0.3 is 10.5 Å². The number of anilines is 1. The lowest BCUT2D eigenvalue weighted by molar-refractivity contribution is 0.398. The molecule has 2 rings (SSSR count). The first-order valence-electron chi connectivity index (χ1n) is 4.93. The highest BCUT2D eigenvalue weighted by molar-refractivity contribution is 5.72. The van der Waals surface area contributed by atoms with Crippen LogP contribution < -0.4 is 10.5 Å². The van der Waals surface area contributed by atoms with Crippen LogP contribution in [0.1, 0.15) is 5.56 Å². The van der Waals surface area contributed by atoms with Crippen LogP contribution in [0.3, 0.4) is 0 Å². The quantitative estimate of drug-likeness (QED) is 0.832. The van der Waals surface area contributed by atoms with Crippen LogP contribution in [0.2, 0.25) is 0 Å². The number of methoxy groups -OCH3 is 1. The van der Waals surface area contributed by atoms with Gasteiger partial charge in [-0.3, -0.25) is 4.98 Å². The van der Waals surface area contributed by atoms with Crippen molar-refractivity contribution in [3.8, 4) is 17.1 Å². The summed E-state index contributed by atoms with van der Waals surface area (Å²) in [5, 5.41) is 0. The Labute approximate surface area is 94.1 Å². The smallest absolute Gasteiger partial charge is 0.213 e. The van der Waals surface area contributed by atoms with Crippen molar-refractivity contribution in [1.29, 1.82) is 0 Å². The fourth-order valence-corrected chi connectivity index (χ4v) is 1.50. The number of hydrogen-bond acceptors (Lipinski definition) is 4. The number of aryl methyl sites for hydroxylation is 1. The van der Waals surface area contributed by atoms with E-state index in [0.717, 1.165) is 16.8 Å². The molecule has 0 bridgehead atoms. The molecule has 16 heavy (non-hydrogen) atoms. The zero-order valence-corrected chi connectivity index (χ0v) is 9.27.